The molecule has 1 unspecified atom stereocenters. The van der Waals surface area contributed by atoms with Gasteiger partial charge >= 0.3 is 5.97 Å². The molecule has 2 rings (SSSR count). The van der Waals surface area contributed by atoms with Crippen molar-refractivity contribution in [2.75, 3.05) is 40.3 Å². The first-order valence-corrected chi connectivity index (χ1v) is 8.80. The Kier molecular flexibility index (Phi) is 4.99. The van der Waals surface area contributed by atoms with Crippen molar-refractivity contribution >= 4 is 27.3 Å². The van der Waals surface area contributed by atoms with Gasteiger partial charge in [0.15, 0.2) is 0 Å². The van der Waals surface area contributed by atoms with Crippen LogP contribution in [0.2, 0.25) is 0 Å². The van der Waals surface area contributed by atoms with Crippen molar-refractivity contribution < 1.29 is 17.9 Å². The van der Waals surface area contributed by atoms with Gasteiger partial charge < -0.3 is 15.4 Å². The van der Waals surface area contributed by atoms with E-state index in [1.807, 2.05) is 11.9 Å². The minimum Gasteiger partial charge on any atom is -0.465 e. The molecule has 0 radical (unpaired) electrons. The van der Waals surface area contributed by atoms with Crippen LogP contribution in [0, 0.1) is 0 Å². The average molecular weight is 333 g/mol. The fraction of sp³-hybridized carbons (Fsp3) is 0.583. The molecule has 0 amide bonds. The van der Waals surface area contributed by atoms with Crippen LogP contribution in [-0.4, -0.2) is 70.0 Å². The Balaban J connectivity index is 2.38. The van der Waals surface area contributed by atoms with E-state index in [1.165, 1.54) is 17.5 Å². The van der Waals surface area contributed by atoms with Crippen LogP contribution in [0.3, 0.4) is 0 Å². The predicted octanol–water partition coefficient (Wildman–Crippen LogP) is -0.202. The van der Waals surface area contributed by atoms with Crippen LogP contribution in [0.4, 0.5) is 0 Å². The van der Waals surface area contributed by atoms with Crippen molar-refractivity contribution in [2.45, 2.75) is 10.9 Å². The summed E-state index contributed by atoms with van der Waals surface area (Å²) in [5.41, 5.74) is 5.71. The molecule has 7 nitrogen and oxygen atoms in total. The highest BCUT2D eigenvalue weighted by Gasteiger charge is 2.37. The number of sulfonamides is 1. The molecule has 118 valence electrons. The van der Waals surface area contributed by atoms with Crippen LogP contribution in [0.25, 0.3) is 0 Å². The summed E-state index contributed by atoms with van der Waals surface area (Å²) in [7, 11) is -0.592. The van der Waals surface area contributed by atoms with E-state index in [0.717, 1.165) is 11.3 Å². The Labute approximate surface area is 128 Å². The largest absolute Gasteiger partial charge is 0.465 e. The molecular formula is C12H19N3O4S2. The molecule has 1 aliphatic heterocycles. The minimum atomic E-state index is -3.75. The number of piperazine rings is 1. The number of carbonyl (C=O) groups excluding carboxylic acids is 1. The lowest BCUT2D eigenvalue weighted by atomic mass is 10.2. The molecule has 0 aliphatic carbocycles. The monoisotopic (exact) mass is 333 g/mol. The van der Waals surface area contributed by atoms with Gasteiger partial charge in [-0.1, -0.05) is 0 Å². The molecule has 1 atom stereocenters. The van der Waals surface area contributed by atoms with E-state index in [-0.39, 0.29) is 22.4 Å². The third-order valence-electron chi connectivity index (χ3n) is 3.49. The Morgan fingerprint density at radius 3 is 2.86 bits per heavy atom. The summed E-state index contributed by atoms with van der Waals surface area (Å²) in [6.07, 6.45) is 0. The molecule has 0 aromatic carbocycles. The van der Waals surface area contributed by atoms with Gasteiger partial charge in [-0.05, 0) is 18.5 Å². The number of nitrogens with two attached hydrogens (primary N) is 1. The summed E-state index contributed by atoms with van der Waals surface area (Å²) in [6, 6.07) is 1.15. The van der Waals surface area contributed by atoms with Crippen LogP contribution in [-0.2, 0) is 14.8 Å². The zero-order valence-corrected chi connectivity index (χ0v) is 13.6. The normalized spacial score (nSPS) is 21.4. The molecule has 9 heteroatoms. The molecule has 1 saturated heterocycles. The van der Waals surface area contributed by atoms with Crippen LogP contribution in [0.1, 0.15) is 9.67 Å². The van der Waals surface area contributed by atoms with Crippen molar-refractivity contribution in [1.29, 1.82) is 0 Å². The smallest absolute Gasteiger partial charge is 0.349 e. The van der Waals surface area contributed by atoms with Crippen LogP contribution >= 0.6 is 11.3 Å². The number of ether oxygens (including phenoxy) is 1. The van der Waals surface area contributed by atoms with Gasteiger partial charge in [0.2, 0.25) is 10.0 Å². The quantitative estimate of drug-likeness (QED) is 0.767. The predicted molar refractivity (Wildman–Crippen MR) is 79.9 cm³/mol. The molecule has 2 heterocycles. The van der Waals surface area contributed by atoms with Crippen LogP contribution in [0.5, 0.6) is 0 Å². The highest BCUT2D eigenvalue weighted by Crippen LogP contribution is 2.28. The summed E-state index contributed by atoms with van der Waals surface area (Å²) in [5, 5.41) is 1.58. The number of nitrogens with zero attached hydrogens (tertiary/aromatic N) is 2. The highest BCUT2D eigenvalue weighted by atomic mass is 32.2. The number of likely N-dealkylation sites (N-methyl/N-ethyl adjacent to an activating group) is 1. The van der Waals surface area contributed by atoms with Gasteiger partial charge in [-0.15, -0.1) is 11.3 Å². The van der Waals surface area contributed by atoms with E-state index in [2.05, 4.69) is 4.74 Å². The molecule has 1 fully saturated rings. The van der Waals surface area contributed by atoms with E-state index in [9.17, 15) is 13.2 Å². The zero-order valence-electron chi connectivity index (χ0n) is 12.0. The van der Waals surface area contributed by atoms with Gasteiger partial charge in [0, 0.05) is 26.2 Å². The standard InChI is InChI=1S/C12H19N3O4S2/c1-14-4-5-15(9(7-13)8-14)21(17,18)10-3-6-20-11(10)12(16)19-2/h3,6,9H,4-5,7-8,13H2,1-2H3. The average Bonchev–Trinajstić information content (AvgIpc) is 2.96. The number of methoxy groups -OCH3 is 1. The second-order valence-electron chi connectivity index (χ2n) is 4.87. The summed E-state index contributed by atoms with van der Waals surface area (Å²) in [5.74, 6) is -0.637. The number of thiophene rings is 1. The fourth-order valence-corrected chi connectivity index (χ4v) is 5.30. The Morgan fingerprint density at radius 2 is 2.24 bits per heavy atom. The second kappa shape index (κ2) is 6.41. The molecule has 1 aliphatic rings. The van der Waals surface area contributed by atoms with Gasteiger partial charge in [-0.2, -0.15) is 4.31 Å². The maximum atomic E-state index is 12.8. The fourth-order valence-electron chi connectivity index (χ4n) is 2.37. The maximum absolute atomic E-state index is 12.8. The number of hydrogen-bond acceptors (Lipinski definition) is 7. The van der Waals surface area contributed by atoms with Gasteiger partial charge in [0.05, 0.1) is 13.2 Å². The first kappa shape index (κ1) is 16.4. The van der Waals surface area contributed by atoms with E-state index < -0.39 is 16.0 Å². The zero-order chi connectivity index (χ0) is 15.6. The first-order valence-electron chi connectivity index (χ1n) is 6.48. The third kappa shape index (κ3) is 3.11. The number of rotatable bonds is 4. The van der Waals surface area contributed by atoms with Crippen molar-refractivity contribution in [3.63, 3.8) is 0 Å². The van der Waals surface area contributed by atoms with Crippen molar-refractivity contribution in [3.8, 4) is 0 Å². The molecule has 21 heavy (non-hydrogen) atoms. The molecule has 0 spiro atoms. The Hall–Kier alpha value is -1.00. The van der Waals surface area contributed by atoms with Gasteiger partial charge in [0.1, 0.15) is 9.77 Å². The minimum absolute atomic E-state index is 0.00218. The van der Waals surface area contributed by atoms with Crippen LogP contribution < -0.4 is 5.73 Å². The summed E-state index contributed by atoms with van der Waals surface area (Å²) in [4.78, 5) is 13.8. The Morgan fingerprint density at radius 1 is 1.52 bits per heavy atom. The molecular weight excluding hydrogens is 314 g/mol. The SMILES string of the molecule is COC(=O)c1sccc1S(=O)(=O)N1CCN(C)CC1CN. The molecule has 1 aromatic heterocycles. The topological polar surface area (TPSA) is 92.9 Å². The number of esters is 1. The van der Waals surface area contributed by atoms with E-state index >= 15 is 0 Å². The summed E-state index contributed by atoms with van der Waals surface area (Å²) >= 11 is 1.06. The number of carbonyl (C=O) groups is 1. The highest BCUT2D eigenvalue weighted by molar-refractivity contribution is 7.89. The van der Waals surface area contributed by atoms with Gasteiger partial charge in [-0.25, -0.2) is 13.2 Å². The van der Waals surface area contributed by atoms with Crippen molar-refractivity contribution in [1.82, 2.24) is 9.21 Å². The Bertz CT molecular complexity index is 614. The molecule has 2 N–H and O–H groups in total. The van der Waals surface area contributed by atoms with Crippen molar-refractivity contribution in [2.24, 2.45) is 5.73 Å². The van der Waals surface area contributed by atoms with Crippen LogP contribution in [0.15, 0.2) is 16.3 Å². The number of hydrogen-bond donors (Lipinski definition) is 1. The summed E-state index contributed by atoms with van der Waals surface area (Å²) in [6.45, 7) is 1.80. The lowest BCUT2D eigenvalue weighted by Gasteiger charge is -2.38. The van der Waals surface area contributed by atoms with Gasteiger partial charge in [0.25, 0.3) is 0 Å². The third-order valence-corrected chi connectivity index (χ3v) is 6.51. The molecule has 0 bridgehead atoms. The second-order valence-corrected chi connectivity index (χ2v) is 7.65. The lowest BCUT2D eigenvalue weighted by Crippen LogP contribution is -2.56. The van der Waals surface area contributed by atoms with E-state index in [0.29, 0.717) is 19.6 Å². The summed E-state index contributed by atoms with van der Waals surface area (Å²) < 4.78 is 31.7. The maximum Gasteiger partial charge on any atom is 0.349 e. The lowest BCUT2D eigenvalue weighted by molar-refractivity contribution is 0.0602. The van der Waals surface area contributed by atoms with E-state index in [4.69, 9.17) is 5.73 Å². The van der Waals surface area contributed by atoms with E-state index in [1.54, 1.807) is 5.38 Å². The first-order chi connectivity index (χ1) is 9.91. The molecule has 1 aromatic rings. The van der Waals surface area contributed by atoms with Gasteiger partial charge in [-0.3, -0.25) is 0 Å². The molecule has 0 saturated carbocycles. The van der Waals surface area contributed by atoms with Crippen molar-refractivity contribution in [3.05, 3.63) is 16.3 Å².